The Bertz CT molecular complexity index is 194. The van der Waals surface area contributed by atoms with Crippen LogP contribution in [0.25, 0.3) is 0 Å². The fraction of sp³-hybridized carbons (Fsp3) is 0.778. The molecule has 0 aromatic heterocycles. The molecule has 0 amide bonds. The Morgan fingerprint density at radius 1 is 1.42 bits per heavy atom. The Morgan fingerprint density at radius 3 is 2.67 bits per heavy atom. The molecule has 1 aliphatic carbocycles. The van der Waals surface area contributed by atoms with Gasteiger partial charge in [-0.25, -0.2) is 0 Å². The summed E-state index contributed by atoms with van der Waals surface area (Å²) in [5.74, 6) is -0.486. The average Bonchev–Trinajstić information content (AvgIpc) is 2.47. The number of aliphatic hydroxyl groups excluding tert-OH is 1. The molecule has 2 aliphatic rings. The first-order chi connectivity index (χ1) is 5.72. The summed E-state index contributed by atoms with van der Waals surface area (Å²) in [4.78, 5) is 0. The molecule has 2 fully saturated rings. The second-order valence-electron chi connectivity index (χ2n) is 3.49. The summed E-state index contributed by atoms with van der Waals surface area (Å²) < 4.78 is 11.0. The zero-order valence-electron chi connectivity index (χ0n) is 7.08. The minimum atomic E-state index is -0.486. The van der Waals surface area contributed by atoms with Gasteiger partial charge in [-0.15, -0.1) is 0 Å². The van der Waals surface area contributed by atoms with Gasteiger partial charge >= 0.3 is 0 Å². The highest BCUT2D eigenvalue weighted by Gasteiger charge is 2.42. The van der Waals surface area contributed by atoms with Gasteiger partial charge in [0.05, 0.1) is 19.3 Å². The molecule has 1 saturated carbocycles. The van der Waals surface area contributed by atoms with Gasteiger partial charge in [0, 0.05) is 12.8 Å². The first kappa shape index (κ1) is 8.23. The normalized spacial score (nSPS) is 34.4. The van der Waals surface area contributed by atoms with Crippen molar-refractivity contribution in [2.75, 3.05) is 13.2 Å². The van der Waals surface area contributed by atoms with Crippen LogP contribution in [0.1, 0.15) is 19.3 Å². The zero-order chi connectivity index (χ0) is 8.60. The molecule has 1 atom stereocenters. The molecule has 0 aromatic carbocycles. The van der Waals surface area contributed by atoms with Crippen LogP contribution in [-0.4, -0.2) is 30.2 Å². The third-order valence-electron chi connectivity index (χ3n) is 2.62. The number of rotatable bonds is 0. The predicted octanol–water partition coefficient (Wildman–Crippen LogP) is 0.831. The minimum absolute atomic E-state index is 0.447. The second-order valence-corrected chi connectivity index (χ2v) is 3.49. The number of hydrogen-bond donors (Lipinski definition) is 1. The van der Waals surface area contributed by atoms with Crippen molar-refractivity contribution in [3.8, 4) is 0 Å². The molecule has 3 nitrogen and oxygen atoms in total. The van der Waals surface area contributed by atoms with E-state index in [0.29, 0.717) is 19.6 Å². The first-order valence-corrected chi connectivity index (χ1v) is 4.35. The molecular weight excluding hydrogens is 156 g/mol. The van der Waals surface area contributed by atoms with Crippen LogP contribution >= 0.6 is 0 Å². The molecule has 2 rings (SSSR count). The van der Waals surface area contributed by atoms with E-state index < -0.39 is 11.9 Å². The highest BCUT2D eigenvalue weighted by Crippen LogP contribution is 2.37. The average molecular weight is 170 g/mol. The van der Waals surface area contributed by atoms with Crippen molar-refractivity contribution in [3.05, 3.63) is 12.2 Å². The van der Waals surface area contributed by atoms with Crippen molar-refractivity contribution >= 4 is 0 Å². The van der Waals surface area contributed by atoms with Crippen molar-refractivity contribution < 1.29 is 14.6 Å². The summed E-state index contributed by atoms with van der Waals surface area (Å²) in [6, 6.07) is 0. The molecule has 1 spiro atoms. The Labute approximate surface area is 72.0 Å². The smallest absolute Gasteiger partial charge is 0.171 e. The fourth-order valence-electron chi connectivity index (χ4n) is 1.82. The summed E-state index contributed by atoms with van der Waals surface area (Å²) in [6.45, 7) is 5.09. The number of hydrogen-bond acceptors (Lipinski definition) is 3. The van der Waals surface area contributed by atoms with E-state index in [1.165, 1.54) is 0 Å². The van der Waals surface area contributed by atoms with E-state index in [-0.39, 0.29) is 0 Å². The van der Waals surface area contributed by atoms with Crippen LogP contribution in [0.3, 0.4) is 0 Å². The highest BCUT2D eigenvalue weighted by atomic mass is 16.7. The maximum atomic E-state index is 9.54. The second kappa shape index (κ2) is 2.83. The van der Waals surface area contributed by atoms with Gasteiger partial charge in [0.1, 0.15) is 0 Å². The Hall–Kier alpha value is -0.380. The molecule has 12 heavy (non-hydrogen) atoms. The third-order valence-corrected chi connectivity index (χ3v) is 2.62. The predicted molar refractivity (Wildman–Crippen MR) is 43.6 cm³/mol. The molecule has 0 bridgehead atoms. The lowest BCUT2D eigenvalue weighted by atomic mass is 9.88. The summed E-state index contributed by atoms with van der Waals surface area (Å²) in [5.41, 5.74) is 0.903. The molecule has 1 heterocycles. The van der Waals surface area contributed by atoms with Crippen LogP contribution in [-0.2, 0) is 9.47 Å². The van der Waals surface area contributed by atoms with Crippen LogP contribution in [0.2, 0.25) is 0 Å². The largest absolute Gasteiger partial charge is 0.389 e. The molecule has 0 radical (unpaired) electrons. The van der Waals surface area contributed by atoms with Gasteiger partial charge < -0.3 is 14.6 Å². The number of ether oxygens (including phenoxy) is 2. The van der Waals surface area contributed by atoms with E-state index in [1.54, 1.807) is 0 Å². The maximum Gasteiger partial charge on any atom is 0.171 e. The van der Waals surface area contributed by atoms with Crippen molar-refractivity contribution in [2.24, 2.45) is 0 Å². The molecule has 3 heteroatoms. The summed E-state index contributed by atoms with van der Waals surface area (Å²) in [6.07, 6.45) is 1.74. The quantitative estimate of drug-likeness (QED) is 0.547. The Balaban J connectivity index is 2.05. The van der Waals surface area contributed by atoms with Crippen LogP contribution in [0.5, 0.6) is 0 Å². The Morgan fingerprint density at radius 2 is 2.08 bits per heavy atom. The van der Waals surface area contributed by atoms with E-state index in [9.17, 15) is 5.11 Å². The van der Waals surface area contributed by atoms with Crippen LogP contribution < -0.4 is 0 Å². The third kappa shape index (κ3) is 1.28. The zero-order valence-corrected chi connectivity index (χ0v) is 7.08. The van der Waals surface area contributed by atoms with Gasteiger partial charge in [-0.2, -0.15) is 0 Å². The molecule has 1 aliphatic heterocycles. The first-order valence-electron chi connectivity index (χ1n) is 4.35. The molecular formula is C9H14O3. The van der Waals surface area contributed by atoms with Gasteiger partial charge in [-0.1, -0.05) is 6.58 Å². The van der Waals surface area contributed by atoms with E-state index in [2.05, 4.69) is 6.58 Å². The molecule has 1 unspecified atom stereocenters. The van der Waals surface area contributed by atoms with Gasteiger partial charge in [0.2, 0.25) is 0 Å². The van der Waals surface area contributed by atoms with Gasteiger partial charge in [0.25, 0.3) is 0 Å². The number of aliphatic hydroxyl groups is 1. The van der Waals surface area contributed by atoms with E-state index in [4.69, 9.17) is 9.47 Å². The van der Waals surface area contributed by atoms with Gasteiger partial charge in [-0.05, 0) is 12.0 Å². The van der Waals surface area contributed by atoms with Crippen molar-refractivity contribution in [1.29, 1.82) is 0 Å². The molecule has 1 saturated heterocycles. The summed E-state index contributed by atoms with van der Waals surface area (Å²) in [7, 11) is 0. The SMILES string of the molecule is C=C1CCC2(CC1O)OCCO2. The van der Waals surface area contributed by atoms with Crippen LogP contribution in [0, 0.1) is 0 Å². The van der Waals surface area contributed by atoms with E-state index in [1.807, 2.05) is 0 Å². The molecule has 68 valence electrons. The van der Waals surface area contributed by atoms with Gasteiger partial charge in [-0.3, -0.25) is 0 Å². The minimum Gasteiger partial charge on any atom is -0.389 e. The van der Waals surface area contributed by atoms with E-state index in [0.717, 1.165) is 18.4 Å². The Kier molecular flexibility index (Phi) is 1.94. The maximum absolute atomic E-state index is 9.54. The summed E-state index contributed by atoms with van der Waals surface area (Å²) in [5, 5.41) is 9.54. The molecule has 0 aromatic rings. The summed E-state index contributed by atoms with van der Waals surface area (Å²) >= 11 is 0. The van der Waals surface area contributed by atoms with E-state index >= 15 is 0 Å². The highest BCUT2D eigenvalue weighted by molar-refractivity contribution is 5.08. The monoisotopic (exact) mass is 170 g/mol. The van der Waals surface area contributed by atoms with Crippen LogP contribution in [0.15, 0.2) is 12.2 Å². The molecule has 1 N–H and O–H groups in total. The van der Waals surface area contributed by atoms with Crippen LogP contribution in [0.4, 0.5) is 0 Å². The lowest BCUT2D eigenvalue weighted by molar-refractivity contribution is -0.186. The van der Waals surface area contributed by atoms with Gasteiger partial charge in [0.15, 0.2) is 5.79 Å². The van der Waals surface area contributed by atoms with Crippen molar-refractivity contribution in [1.82, 2.24) is 0 Å². The van der Waals surface area contributed by atoms with Crippen molar-refractivity contribution in [3.63, 3.8) is 0 Å². The lowest BCUT2D eigenvalue weighted by Gasteiger charge is -2.35. The topological polar surface area (TPSA) is 38.7 Å². The standard InChI is InChI=1S/C9H14O3/c1-7-2-3-9(6-8(7)10)11-4-5-12-9/h8,10H,1-6H2. The lowest BCUT2D eigenvalue weighted by Crippen LogP contribution is -2.39. The fourth-order valence-corrected chi connectivity index (χ4v) is 1.82. The van der Waals surface area contributed by atoms with Crippen molar-refractivity contribution in [2.45, 2.75) is 31.2 Å².